The summed E-state index contributed by atoms with van der Waals surface area (Å²) >= 11 is 7.33. The highest BCUT2D eigenvalue weighted by Gasteiger charge is 2.26. The van der Waals surface area contributed by atoms with Crippen LogP contribution in [0, 0.1) is 0 Å². The highest BCUT2D eigenvalue weighted by atomic mass is 32.2. The van der Waals surface area contributed by atoms with Crippen molar-refractivity contribution in [2.45, 2.75) is 16.8 Å². The molecule has 0 N–H and O–H groups in total. The molecule has 1 aliphatic heterocycles. The molecule has 1 saturated heterocycles. The van der Waals surface area contributed by atoms with Gasteiger partial charge >= 0.3 is 0 Å². The summed E-state index contributed by atoms with van der Waals surface area (Å²) in [5, 5.41) is 1.65. The SMILES string of the molecule is C=C(C)C(=O)SCSCC1CSC(c2ccccc2)S1. The molecule has 0 radical (unpaired) electrons. The minimum atomic E-state index is 0.119. The maximum absolute atomic E-state index is 11.4. The van der Waals surface area contributed by atoms with Crippen molar-refractivity contribution < 1.29 is 4.79 Å². The lowest BCUT2D eigenvalue weighted by atomic mass is 10.2. The Labute approximate surface area is 138 Å². The van der Waals surface area contributed by atoms with Crippen molar-refractivity contribution in [2.75, 3.05) is 16.6 Å². The van der Waals surface area contributed by atoms with Crippen LogP contribution in [-0.4, -0.2) is 27.0 Å². The zero-order chi connectivity index (χ0) is 14.4. The zero-order valence-electron chi connectivity index (χ0n) is 11.4. The average molecular weight is 343 g/mol. The van der Waals surface area contributed by atoms with E-state index in [0.717, 1.165) is 10.8 Å². The molecule has 1 aliphatic rings. The van der Waals surface area contributed by atoms with Crippen molar-refractivity contribution in [2.24, 2.45) is 0 Å². The third kappa shape index (κ3) is 5.10. The van der Waals surface area contributed by atoms with Gasteiger partial charge in [-0.15, -0.1) is 35.3 Å². The first-order valence-electron chi connectivity index (χ1n) is 6.39. The summed E-state index contributed by atoms with van der Waals surface area (Å²) in [4.78, 5) is 11.4. The lowest BCUT2D eigenvalue weighted by Gasteiger charge is -2.10. The molecule has 1 aromatic carbocycles. The fourth-order valence-corrected chi connectivity index (χ4v) is 7.34. The maximum atomic E-state index is 11.4. The summed E-state index contributed by atoms with van der Waals surface area (Å²) in [7, 11) is 0. The maximum Gasteiger partial charge on any atom is 0.215 e. The van der Waals surface area contributed by atoms with E-state index in [2.05, 4.69) is 48.7 Å². The van der Waals surface area contributed by atoms with Crippen LogP contribution in [0.1, 0.15) is 17.1 Å². The van der Waals surface area contributed by atoms with Crippen LogP contribution in [0.5, 0.6) is 0 Å². The van der Waals surface area contributed by atoms with Gasteiger partial charge in [0.25, 0.3) is 0 Å². The fraction of sp³-hybridized carbons (Fsp3) is 0.400. The van der Waals surface area contributed by atoms with Crippen molar-refractivity contribution in [3.8, 4) is 0 Å². The van der Waals surface area contributed by atoms with Crippen molar-refractivity contribution in [3.63, 3.8) is 0 Å². The highest BCUT2D eigenvalue weighted by molar-refractivity contribution is 8.24. The van der Waals surface area contributed by atoms with E-state index in [1.54, 1.807) is 6.92 Å². The summed E-state index contributed by atoms with van der Waals surface area (Å²) in [5.74, 6) is 2.33. The lowest BCUT2D eigenvalue weighted by molar-refractivity contribution is -0.107. The topological polar surface area (TPSA) is 17.1 Å². The van der Waals surface area contributed by atoms with Crippen LogP contribution in [0.25, 0.3) is 0 Å². The third-order valence-electron chi connectivity index (χ3n) is 2.75. The Kier molecular flexibility index (Phi) is 6.94. The predicted octanol–water partition coefficient (Wildman–Crippen LogP) is 5.06. The first-order valence-corrected chi connectivity index (χ1v) is 10.5. The molecule has 1 fully saturated rings. The molecule has 0 amide bonds. The molecule has 1 nitrogen and oxygen atoms in total. The first kappa shape index (κ1) is 16.4. The number of carbonyl (C=O) groups is 1. The van der Waals surface area contributed by atoms with Crippen molar-refractivity contribution in [3.05, 3.63) is 48.0 Å². The van der Waals surface area contributed by atoms with Crippen molar-refractivity contribution in [1.29, 1.82) is 0 Å². The summed E-state index contributed by atoms with van der Waals surface area (Å²) < 4.78 is 0.575. The minimum absolute atomic E-state index is 0.119. The number of carbonyl (C=O) groups excluding carboxylic acids is 1. The molecule has 1 aromatic rings. The molecule has 0 saturated carbocycles. The van der Waals surface area contributed by atoms with Gasteiger partial charge in [-0.1, -0.05) is 48.7 Å². The fourth-order valence-electron chi connectivity index (χ4n) is 1.72. The van der Waals surface area contributed by atoms with Crippen LogP contribution in [0.15, 0.2) is 42.5 Å². The average Bonchev–Trinajstić information content (AvgIpc) is 2.93. The van der Waals surface area contributed by atoms with Crippen LogP contribution in [0.2, 0.25) is 0 Å². The van der Waals surface area contributed by atoms with Gasteiger partial charge in [0.05, 0.1) is 4.58 Å². The molecule has 5 heteroatoms. The summed E-state index contributed by atoms with van der Waals surface area (Å²) in [6.07, 6.45) is 0. The van der Waals surface area contributed by atoms with Crippen LogP contribution in [0.4, 0.5) is 0 Å². The molecular weight excluding hydrogens is 324 g/mol. The summed E-state index contributed by atoms with van der Waals surface area (Å²) in [6.45, 7) is 5.44. The third-order valence-corrected chi connectivity index (χ3v) is 8.70. The molecule has 0 aromatic heterocycles. The Morgan fingerprint density at radius 3 is 2.85 bits per heavy atom. The van der Waals surface area contributed by atoms with Crippen LogP contribution in [-0.2, 0) is 4.79 Å². The van der Waals surface area contributed by atoms with Crippen LogP contribution < -0.4 is 0 Å². The van der Waals surface area contributed by atoms with Gasteiger partial charge in [0, 0.05) is 21.8 Å². The van der Waals surface area contributed by atoms with Gasteiger partial charge in [-0.3, -0.25) is 4.79 Å². The Morgan fingerprint density at radius 2 is 2.15 bits per heavy atom. The van der Waals surface area contributed by atoms with E-state index in [1.165, 1.54) is 23.1 Å². The van der Waals surface area contributed by atoms with E-state index in [4.69, 9.17) is 0 Å². The van der Waals surface area contributed by atoms with E-state index >= 15 is 0 Å². The smallest absolute Gasteiger partial charge is 0.215 e. The second kappa shape index (κ2) is 8.47. The quantitative estimate of drug-likeness (QED) is 0.407. The summed E-state index contributed by atoms with van der Waals surface area (Å²) in [5.41, 5.74) is 2.06. The Balaban J connectivity index is 1.67. The summed E-state index contributed by atoms with van der Waals surface area (Å²) in [6, 6.07) is 10.7. The standard InChI is InChI=1S/C15H18OS4/c1-11(2)14(16)19-10-17-8-13-9-18-15(20-13)12-6-4-3-5-7-12/h3-7,13,15H,1,8-10H2,2H3. The van der Waals surface area contributed by atoms with Crippen LogP contribution >= 0.6 is 47.0 Å². The number of hydrogen-bond donors (Lipinski definition) is 0. The van der Waals surface area contributed by atoms with Gasteiger partial charge in [0.1, 0.15) is 0 Å². The monoisotopic (exact) mass is 342 g/mol. The van der Waals surface area contributed by atoms with E-state index in [-0.39, 0.29) is 5.12 Å². The molecule has 2 unspecified atom stereocenters. The van der Waals surface area contributed by atoms with E-state index < -0.39 is 0 Å². The van der Waals surface area contributed by atoms with E-state index in [1.807, 2.05) is 23.5 Å². The second-order valence-corrected chi connectivity index (χ2v) is 9.73. The van der Waals surface area contributed by atoms with Gasteiger partial charge in [-0.05, 0) is 18.1 Å². The molecule has 0 bridgehead atoms. The molecule has 108 valence electrons. The Bertz CT molecular complexity index is 460. The molecule has 0 aliphatic carbocycles. The van der Waals surface area contributed by atoms with Gasteiger partial charge in [0.15, 0.2) is 0 Å². The van der Waals surface area contributed by atoms with Crippen LogP contribution in [0.3, 0.4) is 0 Å². The second-order valence-electron chi connectivity index (χ2n) is 4.53. The van der Waals surface area contributed by atoms with Gasteiger partial charge in [0.2, 0.25) is 5.12 Å². The Morgan fingerprint density at radius 1 is 1.40 bits per heavy atom. The van der Waals surface area contributed by atoms with Crippen molar-refractivity contribution >= 4 is 52.2 Å². The van der Waals surface area contributed by atoms with Gasteiger partial charge in [-0.2, -0.15) is 0 Å². The molecule has 2 atom stereocenters. The normalized spacial score (nSPS) is 21.9. The molecule has 20 heavy (non-hydrogen) atoms. The zero-order valence-corrected chi connectivity index (χ0v) is 14.7. The van der Waals surface area contributed by atoms with Gasteiger partial charge in [-0.25, -0.2) is 0 Å². The number of benzene rings is 1. The predicted molar refractivity (Wildman–Crippen MR) is 97.8 cm³/mol. The number of hydrogen-bond acceptors (Lipinski definition) is 5. The molecule has 2 rings (SSSR count). The number of thioether (sulfide) groups is 4. The van der Waals surface area contributed by atoms with Gasteiger partial charge < -0.3 is 0 Å². The van der Waals surface area contributed by atoms with E-state index in [0.29, 0.717) is 15.4 Å². The molecule has 1 heterocycles. The van der Waals surface area contributed by atoms with E-state index in [9.17, 15) is 4.79 Å². The molecule has 0 spiro atoms. The largest absolute Gasteiger partial charge is 0.282 e. The first-order chi connectivity index (χ1) is 9.66. The minimum Gasteiger partial charge on any atom is -0.282 e. The highest BCUT2D eigenvalue weighted by Crippen LogP contribution is 2.49. The Hall–Kier alpha value is 0.0300. The van der Waals surface area contributed by atoms with Crippen molar-refractivity contribution in [1.82, 2.24) is 0 Å². The molecular formula is C15H18OS4. The lowest BCUT2D eigenvalue weighted by Crippen LogP contribution is -2.05. The number of rotatable bonds is 6.